The van der Waals surface area contributed by atoms with Crippen LogP contribution < -0.4 is 0 Å². The first-order valence-electron chi connectivity index (χ1n) is 3.15. The van der Waals surface area contributed by atoms with Crippen LogP contribution in [0.1, 0.15) is 5.56 Å². The fourth-order valence-corrected chi connectivity index (χ4v) is 1.49. The van der Waals surface area contributed by atoms with Gasteiger partial charge in [-0.3, -0.25) is 4.55 Å². The molecular formula is C7H7ClNaO3S. The van der Waals surface area contributed by atoms with Gasteiger partial charge in [0.25, 0.3) is 10.1 Å². The maximum atomic E-state index is 10.6. The summed E-state index contributed by atoms with van der Waals surface area (Å²) in [5.74, 6) is 0. The summed E-state index contributed by atoms with van der Waals surface area (Å²) in [6.07, 6.45) is 0. The van der Waals surface area contributed by atoms with Crippen molar-refractivity contribution in [1.29, 1.82) is 0 Å². The average molecular weight is 230 g/mol. The Morgan fingerprint density at radius 2 is 1.92 bits per heavy atom. The van der Waals surface area contributed by atoms with E-state index in [4.69, 9.17) is 16.2 Å². The van der Waals surface area contributed by atoms with Crippen molar-refractivity contribution < 1.29 is 13.0 Å². The second kappa shape index (κ2) is 4.77. The first kappa shape index (κ1) is 13.4. The maximum Gasteiger partial charge on any atom is 0.294 e. The third-order valence-electron chi connectivity index (χ3n) is 1.44. The van der Waals surface area contributed by atoms with Crippen LogP contribution in [0.4, 0.5) is 0 Å². The van der Waals surface area contributed by atoms with Gasteiger partial charge in [0.05, 0.1) is 4.90 Å². The normalized spacial score (nSPS) is 10.7. The van der Waals surface area contributed by atoms with Crippen molar-refractivity contribution in [2.75, 3.05) is 0 Å². The molecule has 67 valence electrons. The molecule has 0 bridgehead atoms. The van der Waals surface area contributed by atoms with E-state index in [2.05, 4.69) is 0 Å². The summed E-state index contributed by atoms with van der Waals surface area (Å²) in [6, 6.07) is 4.05. The first-order chi connectivity index (χ1) is 5.41. The van der Waals surface area contributed by atoms with E-state index in [1.807, 2.05) is 0 Å². The molecule has 3 nitrogen and oxygen atoms in total. The Balaban J connectivity index is 0.00000144. The molecule has 1 rings (SSSR count). The molecule has 0 fully saturated rings. The van der Waals surface area contributed by atoms with Crippen molar-refractivity contribution in [2.45, 2.75) is 11.8 Å². The molecule has 0 aliphatic rings. The van der Waals surface area contributed by atoms with E-state index in [-0.39, 0.29) is 34.5 Å². The summed E-state index contributed by atoms with van der Waals surface area (Å²) in [5.41, 5.74) is 0.768. The molecule has 0 aliphatic heterocycles. The van der Waals surface area contributed by atoms with Crippen LogP contribution in [0, 0.1) is 6.92 Å². The number of hydrogen-bond acceptors (Lipinski definition) is 2. The standard InChI is InChI=1S/C7H7ClO3S.Na/c1-5-2-3-6(4-7(5)8)12(9,10)11;/h2-4H,1H3,(H,9,10,11);. The van der Waals surface area contributed by atoms with Gasteiger partial charge in [-0.2, -0.15) is 8.42 Å². The SMILES string of the molecule is Cc1ccc(S(=O)(=O)O)cc1Cl.[Na]. The van der Waals surface area contributed by atoms with E-state index in [0.717, 1.165) is 5.56 Å². The van der Waals surface area contributed by atoms with E-state index in [1.54, 1.807) is 6.92 Å². The summed E-state index contributed by atoms with van der Waals surface area (Å²) >= 11 is 5.64. The van der Waals surface area contributed by atoms with Crippen LogP contribution in [0.2, 0.25) is 5.02 Å². The molecule has 1 radical (unpaired) electrons. The zero-order valence-electron chi connectivity index (χ0n) is 7.28. The zero-order valence-corrected chi connectivity index (χ0v) is 10.9. The Bertz CT molecular complexity index is 402. The van der Waals surface area contributed by atoms with Crippen molar-refractivity contribution >= 4 is 51.3 Å². The minimum Gasteiger partial charge on any atom is -0.282 e. The van der Waals surface area contributed by atoms with E-state index in [9.17, 15) is 8.42 Å². The summed E-state index contributed by atoms with van der Waals surface area (Å²) < 4.78 is 29.8. The fraction of sp³-hybridized carbons (Fsp3) is 0.143. The first-order valence-corrected chi connectivity index (χ1v) is 4.97. The van der Waals surface area contributed by atoms with Crippen LogP contribution in [0.5, 0.6) is 0 Å². The molecule has 0 saturated carbocycles. The van der Waals surface area contributed by atoms with Crippen LogP contribution in [-0.2, 0) is 10.1 Å². The molecule has 0 aromatic heterocycles. The van der Waals surface area contributed by atoms with E-state index < -0.39 is 10.1 Å². The van der Waals surface area contributed by atoms with E-state index >= 15 is 0 Å². The molecule has 0 aliphatic carbocycles. The molecule has 6 heteroatoms. The van der Waals surface area contributed by atoms with Crippen molar-refractivity contribution in [3.63, 3.8) is 0 Å². The average Bonchev–Trinajstić information content (AvgIpc) is 1.92. The number of halogens is 1. The Hall–Kier alpha value is 0.420. The number of hydrogen-bond donors (Lipinski definition) is 1. The molecule has 0 atom stereocenters. The van der Waals surface area contributed by atoms with Gasteiger partial charge in [0.1, 0.15) is 0 Å². The molecule has 0 amide bonds. The van der Waals surface area contributed by atoms with Crippen molar-refractivity contribution in [3.05, 3.63) is 28.8 Å². The Labute approximate surface area is 104 Å². The predicted molar refractivity (Wildman–Crippen MR) is 51.8 cm³/mol. The van der Waals surface area contributed by atoms with Gasteiger partial charge in [-0.1, -0.05) is 17.7 Å². The molecule has 0 spiro atoms. The van der Waals surface area contributed by atoms with Crippen LogP contribution >= 0.6 is 11.6 Å². The van der Waals surface area contributed by atoms with Crippen LogP contribution in [-0.4, -0.2) is 42.5 Å². The summed E-state index contributed by atoms with van der Waals surface area (Å²) in [6.45, 7) is 1.75. The fourth-order valence-electron chi connectivity index (χ4n) is 0.734. The van der Waals surface area contributed by atoms with Crippen LogP contribution in [0.3, 0.4) is 0 Å². The predicted octanol–water partition coefficient (Wildman–Crippen LogP) is 1.51. The second-order valence-corrected chi connectivity index (χ2v) is 4.21. The monoisotopic (exact) mass is 229 g/mol. The topological polar surface area (TPSA) is 54.4 Å². The van der Waals surface area contributed by atoms with Crippen LogP contribution in [0.15, 0.2) is 23.1 Å². The van der Waals surface area contributed by atoms with Gasteiger partial charge in [0, 0.05) is 34.6 Å². The smallest absolute Gasteiger partial charge is 0.282 e. The van der Waals surface area contributed by atoms with Crippen molar-refractivity contribution in [2.24, 2.45) is 0 Å². The Morgan fingerprint density at radius 3 is 2.31 bits per heavy atom. The van der Waals surface area contributed by atoms with Crippen molar-refractivity contribution in [3.8, 4) is 0 Å². The Kier molecular flexibility index (Phi) is 4.93. The molecule has 1 N–H and O–H groups in total. The van der Waals surface area contributed by atoms with Crippen LogP contribution in [0.25, 0.3) is 0 Å². The minimum absolute atomic E-state index is 0. The quantitative estimate of drug-likeness (QED) is 0.587. The largest absolute Gasteiger partial charge is 0.294 e. The van der Waals surface area contributed by atoms with Gasteiger partial charge in [0.15, 0.2) is 0 Å². The van der Waals surface area contributed by atoms with Gasteiger partial charge in [0.2, 0.25) is 0 Å². The number of rotatable bonds is 1. The van der Waals surface area contributed by atoms with E-state index in [1.165, 1.54) is 18.2 Å². The van der Waals surface area contributed by atoms with Crippen molar-refractivity contribution in [1.82, 2.24) is 0 Å². The van der Waals surface area contributed by atoms with Gasteiger partial charge in [-0.05, 0) is 24.6 Å². The maximum absolute atomic E-state index is 10.6. The number of aryl methyl sites for hydroxylation is 1. The third kappa shape index (κ3) is 3.58. The summed E-state index contributed by atoms with van der Waals surface area (Å²) in [5, 5.41) is 0.324. The van der Waals surface area contributed by atoms with Gasteiger partial charge in [-0.25, -0.2) is 0 Å². The molecular weight excluding hydrogens is 223 g/mol. The summed E-state index contributed by atoms with van der Waals surface area (Å²) in [7, 11) is -4.13. The Morgan fingerprint density at radius 1 is 1.38 bits per heavy atom. The second-order valence-electron chi connectivity index (χ2n) is 2.39. The third-order valence-corrected chi connectivity index (χ3v) is 2.70. The molecule has 13 heavy (non-hydrogen) atoms. The summed E-state index contributed by atoms with van der Waals surface area (Å²) in [4.78, 5) is -0.182. The molecule has 1 aromatic rings. The van der Waals surface area contributed by atoms with Gasteiger partial charge >= 0.3 is 0 Å². The number of benzene rings is 1. The molecule has 0 saturated heterocycles. The molecule has 0 unspecified atom stereocenters. The molecule has 0 heterocycles. The zero-order chi connectivity index (χ0) is 9.35. The molecule has 1 aromatic carbocycles. The minimum atomic E-state index is -4.13. The van der Waals surface area contributed by atoms with Gasteiger partial charge < -0.3 is 0 Å². The van der Waals surface area contributed by atoms with Gasteiger partial charge in [-0.15, -0.1) is 0 Å². The van der Waals surface area contributed by atoms with E-state index in [0.29, 0.717) is 5.02 Å².